The Hall–Kier alpha value is -2.64. The Labute approximate surface area is 171 Å². The first-order valence-electron chi connectivity index (χ1n) is 10.2. The van der Waals surface area contributed by atoms with E-state index in [2.05, 4.69) is 5.32 Å². The standard InChI is InChI=1S/C22H30N4O3/c1-29-20-14-16(13-15-7-2-3-8-17(15)20)25-21(27)19-10-6-12-26(19)22(28)18(24)9-4-5-11-23/h2-3,7-8,13-14,18-19H,4-6,9-12,23-24H2,1H3,(H,25,27). The number of benzene rings is 2. The van der Waals surface area contributed by atoms with E-state index in [1.807, 2.05) is 30.3 Å². The molecule has 7 nitrogen and oxygen atoms in total. The third-order valence-corrected chi connectivity index (χ3v) is 5.44. The molecule has 3 rings (SSSR count). The molecular weight excluding hydrogens is 368 g/mol. The maximum Gasteiger partial charge on any atom is 0.247 e. The number of amides is 2. The molecule has 0 bridgehead atoms. The minimum atomic E-state index is -0.587. The summed E-state index contributed by atoms with van der Waals surface area (Å²) in [7, 11) is 1.61. The Morgan fingerprint density at radius 2 is 2.07 bits per heavy atom. The lowest BCUT2D eigenvalue weighted by Crippen LogP contribution is -2.49. The van der Waals surface area contributed by atoms with Crippen LogP contribution in [0.15, 0.2) is 36.4 Å². The maximum absolute atomic E-state index is 12.9. The summed E-state index contributed by atoms with van der Waals surface area (Å²) in [6, 6.07) is 10.5. The van der Waals surface area contributed by atoms with Crippen LogP contribution in [0.5, 0.6) is 5.75 Å². The van der Waals surface area contributed by atoms with Gasteiger partial charge in [-0.15, -0.1) is 0 Å². The van der Waals surface area contributed by atoms with E-state index in [-0.39, 0.29) is 11.8 Å². The fraction of sp³-hybridized carbons (Fsp3) is 0.455. The molecule has 1 fully saturated rings. The summed E-state index contributed by atoms with van der Waals surface area (Å²) in [6.07, 6.45) is 3.67. The smallest absolute Gasteiger partial charge is 0.247 e. The molecule has 29 heavy (non-hydrogen) atoms. The Balaban J connectivity index is 1.71. The average Bonchev–Trinajstić information content (AvgIpc) is 3.22. The van der Waals surface area contributed by atoms with E-state index < -0.39 is 12.1 Å². The molecule has 7 heteroatoms. The van der Waals surface area contributed by atoms with Crippen molar-refractivity contribution in [2.75, 3.05) is 25.5 Å². The molecule has 0 aromatic heterocycles. The van der Waals surface area contributed by atoms with Crippen LogP contribution in [0.1, 0.15) is 32.1 Å². The summed E-state index contributed by atoms with van der Waals surface area (Å²) in [5.41, 5.74) is 12.2. The monoisotopic (exact) mass is 398 g/mol. The minimum Gasteiger partial charge on any atom is -0.496 e. The van der Waals surface area contributed by atoms with Crippen molar-refractivity contribution < 1.29 is 14.3 Å². The van der Waals surface area contributed by atoms with Crippen molar-refractivity contribution in [1.82, 2.24) is 4.90 Å². The zero-order valence-electron chi connectivity index (χ0n) is 16.9. The Morgan fingerprint density at radius 1 is 1.28 bits per heavy atom. The van der Waals surface area contributed by atoms with Crippen LogP contribution in [0.2, 0.25) is 0 Å². The number of methoxy groups -OCH3 is 1. The number of likely N-dealkylation sites (tertiary alicyclic amines) is 1. The lowest BCUT2D eigenvalue weighted by molar-refractivity contribution is -0.137. The number of hydrogen-bond donors (Lipinski definition) is 3. The summed E-state index contributed by atoms with van der Waals surface area (Å²) < 4.78 is 5.47. The highest BCUT2D eigenvalue weighted by Crippen LogP contribution is 2.30. The van der Waals surface area contributed by atoms with E-state index in [4.69, 9.17) is 16.2 Å². The highest BCUT2D eigenvalue weighted by molar-refractivity contribution is 6.01. The summed E-state index contributed by atoms with van der Waals surface area (Å²) >= 11 is 0. The van der Waals surface area contributed by atoms with E-state index in [9.17, 15) is 9.59 Å². The van der Waals surface area contributed by atoms with Crippen molar-refractivity contribution in [3.05, 3.63) is 36.4 Å². The number of rotatable bonds is 8. The van der Waals surface area contributed by atoms with Gasteiger partial charge in [0, 0.05) is 23.7 Å². The van der Waals surface area contributed by atoms with Gasteiger partial charge in [0.2, 0.25) is 11.8 Å². The SMILES string of the molecule is COc1cc(NC(=O)C2CCCN2C(=O)C(N)CCCCN)cc2ccccc12. The summed E-state index contributed by atoms with van der Waals surface area (Å²) in [5, 5.41) is 4.91. The quantitative estimate of drug-likeness (QED) is 0.591. The van der Waals surface area contributed by atoms with Crippen LogP contribution in [-0.4, -0.2) is 49.0 Å². The van der Waals surface area contributed by atoms with Crippen LogP contribution in [0.3, 0.4) is 0 Å². The van der Waals surface area contributed by atoms with Gasteiger partial charge in [-0.25, -0.2) is 0 Å². The third-order valence-electron chi connectivity index (χ3n) is 5.44. The molecule has 2 aromatic rings. The van der Waals surface area contributed by atoms with Gasteiger partial charge in [0.25, 0.3) is 0 Å². The average molecular weight is 399 g/mol. The first kappa shape index (κ1) is 21.1. The molecule has 0 aliphatic carbocycles. The molecule has 0 radical (unpaired) electrons. The van der Waals surface area contributed by atoms with Gasteiger partial charge in [0.1, 0.15) is 11.8 Å². The summed E-state index contributed by atoms with van der Waals surface area (Å²) in [4.78, 5) is 27.3. The first-order valence-corrected chi connectivity index (χ1v) is 10.2. The lowest BCUT2D eigenvalue weighted by Gasteiger charge is -2.27. The van der Waals surface area contributed by atoms with E-state index in [1.54, 1.807) is 18.1 Å². The van der Waals surface area contributed by atoms with Crippen LogP contribution in [0, 0.1) is 0 Å². The van der Waals surface area contributed by atoms with Gasteiger partial charge in [-0.05, 0) is 43.7 Å². The third kappa shape index (κ3) is 4.86. The van der Waals surface area contributed by atoms with Gasteiger partial charge in [0.05, 0.1) is 13.2 Å². The lowest BCUT2D eigenvalue weighted by atomic mass is 10.1. The van der Waals surface area contributed by atoms with Gasteiger partial charge in [-0.3, -0.25) is 9.59 Å². The fourth-order valence-corrected chi connectivity index (χ4v) is 3.89. The number of carbonyl (C=O) groups excluding carboxylic acids is 2. The second-order valence-corrected chi connectivity index (χ2v) is 7.47. The van der Waals surface area contributed by atoms with Crippen molar-refractivity contribution >= 4 is 28.3 Å². The molecule has 0 spiro atoms. The molecular formula is C22H30N4O3. The Morgan fingerprint density at radius 3 is 2.83 bits per heavy atom. The topological polar surface area (TPSA) is 111 Å². The highest BCUT2D eigenvalue weighted by Gasteiger charge is 2.36. The summed E-state index contributed by atoms with van der Waals surface area (Å²) in [5.74, 6) is 0.345. The number of unbranched alkanes of at least 4 members (excludes halogenated alkanes) is 1. The zero-order chi connectivity index (χ0) is 20.8. The predicted molar refractivity (Wildman–Crippen MR) is 115 cm³/mol. The number of anilines is 1. The van der Waals surface area contributed by atoms with Gasteiger partial charge in [0.15, 0.2) is 0 Å². The number of nitrogens with one attached hydrogen (secondary N) is 1. The van der Waals surface area contributed by atoms with E-state index in [0.29, 0.717) is 37.4 Å². The van der Waals surface area contributed by atoms with Crippen LogP contribution in [0.4, 0.5) is 5.69 Å². The number of hydrogen-bond acceptors (Lipinski definition) is 5. The van der Waals surface area contributed by atoms with Crippen molar-refractivity contribution in [3.63, 3.8) is 0 Å². The van der Waals surface area contributed by atoms with Crippen LogP contribution < -0.4 is 21.5 Å². The molecule has 5 N–H and O–H groups in total. The van der Waals surface area contributed by atoms with Gasteiger partial charge >= 0.3 is 0 Å². The zero-order valence-corrected chi connectivity index (χ0v) is 16.9. The van der Waals surface area contributed by atoms with Crippen LogP contribution in [0.25, 0.3) is 10.8 Å². The molecule has 0 saturated carbocycles. The van der Waals surface area contributed by atoms with E-state index in [1.165, 1.54) is 0 Å². The van der Waals surface area contributed by atoms with Crippen LogP contribution >= 0.6 is 0 Å². The number of carbonyl (C=O) groups is 2. The second kappa shape index (κ2) is 9.71. The molecule has 2 amide bonds. The molecule has 1 saturated heterocycles. The van der Waals surface area contributed by atoms with Gasteiger partial charge < -0.3 is 26.4 Å². The van der Waals surface area contributed by atoms with E-state index >= 15 is 0 Å². The fourth-order valence-electron chi connectivity index (χ4n) is 3.89. The summed E-state index contributed by atoms with van der Waals surface area (Å²) in [6.45, 7) is 1.15. The van der Waals surface area contributed by atoms with Crippen molar-refractivity contribution in [1.29, 1.82) is 0 Å². The molecule has 1 aliphatic rings. The van der Waals surface area contributed by atoms with Crippen molar-refractivity contribution in [3.8, 4) is 5.75 Å². The predicted octanol–water partition coefficient (Wildman–Crippen LogP) is 2.23. The van der Waals surface area contributed by atoms with Gasteiger partial charge in [-0.2, -0.15) is 0 Å². The Bertz CT molecular complexity index is 870. The number of fused-ring (bicyclic) bond motifs is 1. The van der Waals surface area contributed by atoms with Gasteiger partial charge in [-0.1, -0.05) is 30.7 Å². The van der Waals surface area contributed by atoms with Crippen LogP contribution in [-0.2, 0) is 9.59 Å². The minimum absolute atomic E-state index is 0.157. The molecule has 1 heterocycles. The maximum atomic E-state index is 12.9. The highest BCUT2D eigenvalue weighted by atomic mass is 16.5. The number of nitrogens with zero attached hydrogens (tertiary/aromatic N) is 1. The molecule has 1 aliphatic heterocycles. The van der Waals surface area contributed by atoms with Crippen molar-refractivity contribution in [2.24, 2.45) is 11.5 Å². The molecule has 2 unspecified atom stereocenters. The molecule has 2 atom stereocenters. The molecule has 156 valence electrons. The largest absolute Gasteiger partial charge is 0.496 e. The Kier molecular flexibility index (Phi) is 7.06. The second-order valence-electron chi connectivity index (χ2n) is 7.47. The van der Waals surface area contributed by atoms with Crippen molar-refractivity contribution in [2.45, 2.75) is 44.2 Å². The molecule has 2 aromatic carbocycles. The first-order chi connectivity index (χ1) is 14.0. The normalized spacial score (nSPS) is 17.3. The number of nitrogens with two attached hydrogens (primary N) is 2. The number of ether oxygens (including phenoxy) is 1. The van der Waals surface area contributed by atoms with E-state index in [0.717, 1.165) is 30.0 Å².